The van der Waals surface area contributed by atoms with Crippen molar-refractivity contribution in [1.29, 1.82) is 0 Å². The fourth-order valence-corrected chi connectivity index (χ4v) is 6.04. The van der Waals surface area contributed by atoms with E-state index >= 15 is 0 Å². The number of anilines is 1. The van der Waals surface area contributed by atoms with Gasteiger partial charge in [0.1, 0.15) is 35.2 Å². The Bertz CT molecular complexity index is 1980. The van der Waals surface area contributed by atoms with Gasteiger partial charge in [-0.2, -0.15) is 5.10 Å². The zero-order chi connectivity index (χ0) is 29.6. The van der Waals surface area contributed by atoms with E-state index in [9.17, 15) is 4.39 Å². The van der Waals surface area contributed by atoms with Crippen LogP contribution in [0.15, 0.2) is 61.1 Å². The lowest BCUT2D eigenvalue weighted by Gasteiger charge is -2.37. The molecule has 0 bridgehead atoms. The Kier molecular flexibility index (Phi) is 6.64. The molecule has 2 aromatic carbocycles. The maximum absolute atomic E-state index is 14.8. The van der Waals surface area contributed by atoms with Gasteiger partial charge in [-0.05, 0) is 56.3 Å². The molecule has 11 nitrogen and oxygen atoms in total. The van der Waals surface area contributed by atoms with Crippen LogP contribution >= 0.6 is 0 Å². The van der Waals surface area contributed by atoms with E-state index in [0.29, 0.717) is 40.6 Å². The van der Waals surface area contributed by atoms with Crippen LogP contribution in [0.3, 0.4) is 0 Å². The van der Waals surface area contributed by atoms with Crippen molar-refractivity contribution in [2.24, 2.45) is 5.73 Å². The number of fused-ring (bicyclic) bond motifs is 2. The maximum atomic E-state index is 14.8. The third-order valence-corrected chi connectivity index (χ3v) is 8.36. The Balaban J connectivity index is 1.11. The Labute approximate surface area is 252 Å². The van der Waals surface area contributed by atoms with Crippen molar-refractivity contribution >= 4 is 27.8 Å². The van der Waals surface area contributed by atoms with Crippen LogP contribution in [-0.2, 0) is 0 Å². The molecule has 4 N–H and O–H groups in total. The number of imidazole rings is 1. The van der Waals surface area contributed by atoms with Gasteiger partial charge < -0.3 is 20.4 Å². The van der Waals surface area contributed by atoms with Crippen molar-refractivity contribution in [3.8, 4) is 39.8 Å². The van der Waals surface area contributed by atoms with Gasteiger partial charge in [-0.1, -0.05) is 6.07 Å². The summed E-state index contributed by atoms with van der Waals surface area (Å²) in [4.78, 5) is 26.6. The molecular weight excluding hydrogens is 559 g/mol. The summed E-state index contributed by atoms with van der Waals surface area (Å²) < 4.78 is 20.7. The summed E-state index contributed by atoms with van der Waals surface area (Å²) >= 11 is 0. The molecule has 6 heterocycles. The normalized spacial score (nSPS) is 15.8. The third-order valence-electron chi connectivity index (χ3n) is 8.36. The predicted molar refractivity (Wildman–Crippen MR) is 167 cm³/mol. The second-order valence-corrected chi connectivity index (χ2v) is 11.5. The summed E-state index contributed by atoms with van der Waals surface area (Å²) in [5, 5.41) is 8.58. The van der Waals surface area contributed by atoms with E-state index in [1.54, 1.807) is 18.6 Å². The molecule has 2 saturated heterocycles. The lowest BCUT2D eigenvalue weighted by atomic mass is 10.1. The number of H-pyrrole nitrogens is 2. The van der Waals surface area contributed by atoms with Crippen molar-refractivity contribution in [3.63, 3.8) is 0 Å². The largest absolute Gasteiger partial charge is 0.492 e. The number of likely N-dealkylation sites (tertiary alicyclic amines) is 1. The lowest BCUT2D eigenvalue weighted by molar-refractivity contribution is 0.237. The zero-order valence-corrected chi connectivity index (χ0v) is 24.0. The van der Waals surface area contributed by atoms with Crippen molar-refractivity contribution in [3.05, 3.63) is 66.9 Å². The standard InChI is InChI=1S/C32H31FN10O/c33-21-11-20(12-23(14-21)44-10-9-42-7-1-2-8-42)29-31-26(5-6-36-29)38-32(39-31)30-24-13-19(3-4-25(24)40-41-30)27-15-35-16-28(37-27)43-17-22(34)18-43/h3-6,11-16,22H,1-2,7-10,17-18,34H2,(H,38,39)(H,40,41). The Morgan fingerprint density at radius 3 is 2.70 bits per heavy atom. The van der Waals surface area contributed by atoms with Gasteiger partial charge in [0, 0.05) is 54.5 Å². The highest BCUT2D eigenvalue weighted by molar-refractivity contribution is 5.97. The highest BCUT2D eigenvalue weighted by Crippen LogP contribution is 2.33. The highest BCUT2D eigenvalue weighted by atomic mass is 19.1. The molecule has 2 fully saturated rings. The van der Waals surface area contributed by atoms with Crippen LogP contribution in [0.4, 0.5) is 10.2 Å². The summed E-state index contributed by atoms with van der Waals surface area (Å²) in [7, 11) is 0. The summed E-state index contributed by atoms with van der Waals surface area (Å²) in [6.45, 7) is 5.06. The fraction of sp³-hybridized carbons (Fsp3) is 0.281. The predicted octanol–water partition coefficient (Wildman–Crippen LogP) is 4.39. The van der Waals surface area contributed by atoms with Crippen LogP contribution in [-0.4, -0.2) is 85.4 Å². The SMILES string of the molecule is NC1CN(c2cncc(-c3ccc4[nH]nc(-c5nc6c(-c7cc(F)cc(OCCN8CCCC8)c7)nccc6[nH]5)c4c3)n2)C1. The summed E-state index contributed by atoms with van der Waals surface area (Å²) in [6, 6.07) is 12.7. The van der Waals surface area contributed by atoms with Crippen LogP contribution in [0, 0.1) is 5.82 Å². The summed E-state index contributed by atoms with van der Waals surface area (Å²) in [5.74, 6) is 1.48. The number of rotatable bonds is 8. The topological polar surface area (TPSA) is 138 Å². The van der Waals surface area contributed by atoms with Crippen LogP contribution in [0.25, 0.3) is 56.0 Å². The molecule has 2 aliphatic heterocycles. The van der Waals surface area contributed by atoms with E-state index < -0.39 is 0 Å². The van der Waals surface area contributed by atoms with Crippen molar-refractivity contribution in [1.82, 2.24) is 40.0 Å². The van der Waals surface area contributed by atoms with Gasteiger partial charge in [0.05, 0.1) is 34.8 Å². The van der Waals surface area contributed by atoms with Crippen LogP contribution in [0.2, 0.25) is 0 Å². The van der Waals surface area contributed by atoms with Crippen LogP contribution in [0.1, 0.15) is 12.8 Å². The number of nitrogens with zero attached hydrogens (tertiary/aromatic N) is 7. The van der Waals surface area contributed by atoms with Gasteiger partial charge in [-0.3, -0.25) is 20.0 Å². The van der Waals surface area contributed by atoms with E-state index in [1.165, 1.54) is 25.0 Å². The first-order chi connectivity index (χ1) is 21.6. The molecule has 0 aliphatic carbocycles. The first kappa shape index (κ1) is 26.7. The minimum absolute atomic E-state index is 0.172. The average Bonchev–Trinajstić information content (AvgIpc) is 3.78. The van der Waals surface area contributed by atoms with E-state index in [0.717, 1.165) is 66.2 Å². The number of nitrogens with one attached hydrogen (secondary N) is 2. The minimum atomic E-state index is -0.386. The smallest absolute Gasteiger partial charge is 0.159 e. The number of pyridine rings is 1. The average molecular weight is 591 g/mol. The molecule has 0 spiro atoms. The molecule has 44 heavy (non-hydrogen) atoms. The van der Waals surface area contributed by atoms with E-state index in [1.807, 2.05) is 30.3 Å². The number of hydrogen-bond acceptors (Lipinski definition) is 9. The molecule has 6 aromatic rings. The number of benzene rings is 2. The summed E-state index contributed by atoms with van der Waals surface area (Å²) in [5.41, 5.74) is 11.7. The second-order valence-electron chi connectivity index (χ2n) is 11.5. The van der Waals surface area contributed by atoms with Gasteiger partial charge in [-0.25, -0.2) is 14.4 Å². The first-order valence-corrected chi connectivity index (χ1v) is 14.9. The van der Waals surface area contributed by atoms with Gasteiger partial charge >= 0.3 is 0 Å². The summed E-state index contributed by atoms with van der Waals surface area (Å²) in [6.07, 6.45) is 7.65. The Morgan fingerprint density at radius 2 is 1.84 bits per heavy atom. The molecule has 0 unspecified atom stereocenters. The first-order valence-electron chi connectivity index (χ1n) is 14.9. The molecule has 12 heteroatoms. The van der Waals surface area contributed by atoms with Crippen molar-refractivity contribution < 1.29 is 9.13 Å². The van der Waals surface area contributed by atoms with Crippen molar-refractivity contribution in [2.45, 2.75) is 18.9 Å². The van der Waals surface area contributed by atoms with Crippen LogP contribution in [0.5, 0.6) is 5.75 Å². The second kappa shape index (κ2) is 11.0. The Hall–Kier alpha value is -4.94. The fourth-order valence-electron chi connectivity index (χ4n) is 6.04. The molecule has 0 saturated carbocycles. The highest BCUT2D eigenvalue weighted by Gasteiger charge is 2.25. The minimum Gasteiger partial charge on any atom is -0.492 e. The molecule has 222 valence electrons. The van der Waals surface area contributed by atoms with Crippen molar-refractivity contribution in [2.75, 3.05) is 44.2 Å². The molecular formula is C32H31FN10O. The van der Waals surface area contributed by atoms with E-state index in [2.05, 4.69) is 34.9 Å². The van der Waals surface area contributed by atoms with Gasteiger partial charge in [0.2, 0.25) is 0 Å². The molecule has 0 atom stereocenters. The van der Waals surface area contributed by atoms with E-state index in [-0.39, 0.29) is 11.9 Å². The zero-order valence-electron chi connectivity index (χ0n) is 24.0. The number of aromatic amines is 2. The number of nitrogens with two attached hydrogens (primary N) is 1. The van der Waals surface area contributed by atoms with Crippen LogP contribution < -0.4 is 15.4 Å². The molecule has 0 radical (unpaired) electrons. The number of ether oxygens (including phenoxy) is 1. The number of halogens is 1. The monoisotopic (exact) mass is 590 g/mol. The van der Waals surface area contributed by atoms with Gasteiger partial charge in [0.15, 0.2) is 5.82 Å². The maximum Gasteiger partial charge on any atom is 0.159 e. The third kappa shape index (κ3) is 5.01. The molecule has 4 aromatic heterocycles. The lowest BCUT2D eigenvalue weighted by Crippen LogP contribution is -2.56. The van der Waals surface area contributed by atoms with Gasteiger partial charge in [0.25, 0.3) is 0 Å². The molecule has 8 rings (SSSR count). The Morgan fingerprint density at radius 1 is 0.955 bits per heavy atom. The van der Waals surface area contributed by atoms with Gasteiger partial charge in [-0.15, -0.1) is 0 Å². The number of aromatic nitrogens is 7. The quantitative estimate of drug-likeness (QED) is 0.236. The molecule has 0 amide bonds. The van der Waals surface area contributed by atoms with E-state index in [4.69, 9.17) is 20.4 Å². The molecule has 2 aliphatic rings. The number of hydrogen-bond donors (Lipinski definition) is 3.